The Kier molecular flexibility index (Phi) is 5.48. The fourth-order valence-corrected chi connectivity index (χ4v) is 3.84. The van der Waals surface area contributed by atoms with Gasteiger partial charge in [0.25, 0.3) is 0 Å². The monoisotopic (exact) mass is 388 g/mol. The Labute approximate surface area is 158 Å². The quantitative estimate of drug-likeness (QED) is 0.669. The van der Waals surface area contributed by atoms with Gasteiger partial charge < -0.3 is 14.0 Å². The molecule has 0 radical (unpaired) electrons. The molecular formula is C19H20N2O5S. The van der Waals surface area contributed by atoms with E-state index in [0.29, 0.717) is 22.8 Å². The highest BCUT2D eigenvalue weighted by Gasteiger charge is 2.21. The van der Waals surface area contributed by atoms with E-state index in [2.05, 4.69) is 9.88 Å². The van der Waals surface area contributed by atoms with Crippen LogP contribution in [0.5, 0.6) is 11.5 Å². The predicted octanol–water partition coefficient (Wildman–Crippen LogP) is 3.15. The second kappa shape index (κ2) is 7.81. The van der Waals surface area contributed by atoms with E-state index in [9.17, 15) is 8.42 Å². The van der Waals surface area contributed by atoms with E-state index in [4.69, 9.17) is 14.0 Å². The van der Waals surface area contributed by atoms with Crippen LogP contribution in [0.25, 0.3) is 11.3 Å². The zero-order valence-corrected chi connectivity index (χ0v) is 16.0. The standard InChI is InChI=1S/C19H20N2O5S/c1-13-10-18(26-21-13)14-8-9-17(25-3)19(11-14)27(22,23)20-12-15-6-4-5-7-16(15)24-2/h4-11,20H,12H2,1-3H3. The first-order chi connectivity index (χ1) is 12.9. The lowest BCUT2D eigenvalue weighted by atomic mass is 10.1. The van der Waals surface area contributed by atoms with E-state index < -0.39 is 10.0 Å². The summed E-state index contributed by atoms with van der Waals surface area (Å²) in [5.41, 5.74) is 2.03. The Morgan fingerprint density at radius 3 is 2.44 bits per heavy atom. The van der Waals surface area contributed by atoms with Gasteiger partial charge in [0.05, 0.1) is 19.9 Å². The zero-order valence-electron chi connectivity index (χ0n) is 15.2. The number of hydrogen-bond donors (Lipinski definition) is 1. The molecule has 27 heavy (non-hydrogen) atoms. The third-order valence-corrected chi connectivity index (χ3v) is 5.43. The molecule has 0 bridgehead atoms. The number of nitrogens with zero attached hydrogens (tertiary/aromatic N) is 1. The Morgan fingerprint density at radius 2 is 1.78 bits per heavy atom. The second-order valence-corrected chi connectivity index (χ2v) is 7.57. The first-order valence-electron chi connectivity index (χ1n) is 8.18. The molecule has 0 atom stereocenters. The van der Waals surface area contributed by atoms with E-state index >= 15 is 0 Å². The Morgan fingerprint density at radius 1 is 1.04 bits per heavy atom. The van der Waals surface area contributed by atoms with Crippen LogP contribution in [0.1, 0.15) is 11.3 Å². The average Bonchev–Trinajstić information content (AvgIpc) is 3.12. The molecule has 2 aromatic carbocycles. The summed E-state index contributed by atoms with van der Waals surface area (Å²) < 4.78 is 44.1. The summed E-state index contributed by atoms with van der Waals surface area (Å²) in [4.78, 5) is 0.0199. The number of aromatic nitrogens is 1. The molecule has 0 amide bonds. The van der Waals surface area contributed by atoms with E-state index in [0.717, 1.165) is 5.56 Å². The van der Waals surface area contributed by atoms with Gasteiger partial charge in [-0.3, -0.25) is 0 Å². The molecule has 0 aliphatic carbocycles. The van der Waals surface area contributed by atoms with Gasteiger partial charge in [-0.05, 0) is 31.2 Å². The highest BCUT2D eigenvalue weighted by Crippen LogP contribution is 2.30. The summed E-state index contributed by atoms with van der Waals surface area (Å²) >= 11 is 0. The summed E-state index contributed by atoms with van der Waals surface area (Å²) in [7, 11) is -0.878. The number of para-hydroxylation sites is 1. The molecular weight excluding hydrogens is 368 g/mol. The third kappa shape index (κ3) is 4.12. The molecule has 3 rings (SSSR count). The summed E-state index contributed by atoms with van der Waals surface area (Å²) in [6, 6.07) is 13.8. The minimum absolute atomic E-state index is 0.0199. The summed E-state index contributed by atoms with van der Waals surface area (Å²) in [5.74, 6) is 1.33. The molecule has 0 aliphatic rings. The van der Waals surface area contributed by atoms with Crippen molar-refractivity contribution in [3.63, 3.8) is 0 Å². The van der Waals surface area contributed by atoms with Gasteiger partial charge in [0.1, 0.15) is 16.4 Å². The highest BCUT2D eigenvalue weighted by molar-refractivity contribution is 7.89. The molecule has 1 N–H and O–H groups in total. The molecule has 0 aliphatic heterocycles. The van der Waals surface area contributed by atoms with Gasteiger partial charge in [0.2, 0.25) is 10.0 Å². The zero-order chi connectivity index (χ0) is 19.4. The average molecular weight is 388 g/mol. The van der Waals surface area contributed by atoms with Crippen molar-refractivity contribution in [2.75, 3.05) is 14.2 Å². The fraction of sp³-hybridized carbons (Fsp3) is 0.211. The number of ether oxygens (including phenoxy) is 2. The van der Waals surface area contributed by atoms with Crippen LogP contribution in [-0.4, -0.2) is 27.8 Å². The lowest BCUT2D eigenvalue weighted by Crippen LogP contribution is -2.24. The molecule has 3 aromatic rings. The predicted molar refractivity (Wildman–Crippen MR) is 100 cm³/mol. The number of aryl methyl sites for hydroxylation is 1. The van der Waals surface area contributed by atoms with Crippen molar-refractivity contribution in [2.45, 2.75) is 18.4 Å². The van der Waals surface area contributed by atoms with Crippen molar-refractivity contribution in [1.29, 1.82) is 0 Å². The van der Waals surface area contributed by atoms with Gasteiger partial charge in [-0.2, -0.15) is 0 Å². The van der Waals surface area contributed by atoms with Crippen LogP contribution in [-0.2, 0) is 16.6 Å². The van der Waals surface area contributed by atoms with Crippen LogP contribution in [0.15, 0.2) is 57.9 Å². The van der Waals surface area contributed by atoms with Crippen LogP contribution >= 0.6 is 0 Å². The van der Waals surface area contributed by atoms with Crippen molar-refractivity contribution in [3.8, 4) is 22.8 Å². The number of rotatable bonds is 7. The molecule has 0 saturated carbocycles. The molecule has 0 unspecified atom stereocenters. The number of benzene rings is 2. The summed E-state index contributed by atoms with van der Waals surface area (Å²) in [6.07, 6.45) is 0. The number of hydrogen-bond acceptors (Lipinski definition) is 6. The van der Waals surface area contributed by atoms with Crippen LogP contribution < -0.4 is 14.2 Å². The topological polar surface area (TPSA) is 90.7 Å². The van der Waals surface area contributed by atoms with E-state index in [1.165, 1.54) is 13.2 Å². The Balaban J connectivity index is 1.93. The maximum atomic E-state index is 12.9. The van der Waals surface area contributed by atoms with Crippen molar-refractivity contribution in [2.24, 2.45) is 0 Å². The molecule has 142 valence electrons. The van der Waals surface area contributed by atoms with Gasteiger partial charge >= 0.3 is 0 Å². The SMILES string of the molecule is COc1ccccc1CNS(=O)(=O)c1cc(-c2cc(C)no2)ccc1OC. The van der Waals surface area contributed by atoms with Gasteiger partial charge in [-0.1, -0.05) is 23.4 Å². The minimum atomic E-state index is -3.84. The van der Waals surface area contributed by atoms with Gasteiger partial charge in [-0.25, -0.2) is 13.1 Å². The van der Waals surface area contributed by atoms with Crippen LogP contribution in [0.4, 0.5) is 0 Å². The van der Waals surface area contributed by atoms with Crippen molar-refractivity contribution in [3.05, 3.63) is 59.8 Å². The highest BCUT2D eigenvalue weighted by atomic mass is 32.2. The summed E-state index contributed by atoms with van der Waals surface area (Å²) in [6.45, 7) is 1.88. The fourth-order valence-electron chi connectivity index (χ4n) is 2.64. The second-order valence-electron chi connectivity index (χ2n) is 5.83. The van der Waals surface area contributed by atoms with Crippen LogP contribution in [0.2, 0.25) is 0 Å². The molecule has 1 aromatic heterocycles. The number of sulfonamides is 1. The smallest absolute Gasteiger partial charge is 0.244 e. The maximum Gasteiger partial charge on any atom is 0.244 e. The minimum Gasteiger partial charge on any atom is -0.496 e. The molecule has 0 spiro atoms. The maximum absolute atomic E-state index is 12.9. The van der Waals surface area contributed by atoms with Crippen molar-refractivity contribution >= 4 is 10.0 Å². The number of nitrogens with one attached hydrogen (secondary N) is 1. The lowest BCUT2D eigenvalue weighted by Gasteiger charge is -2.13. The number of methoxy groups -OCH3 is 2. The molecule has 7 nitrogen and oxygen atoms in total. The Hall–Kier alpha value is -2.84. The van der Waals surface area contributed by atoms with Crippen LogP contribution in [0, 0.1) is 6.92 Å². The van der Waals surface area contributed by atoms with Crippen LogP contribution in [0.3, 0.4) is 0 Å². The normalized spacial score (nSPS) is 11.4. The molecule has 0 fully saturated rings. The summed E-state index contributed by atoms with van der Waals surface area (Å²) in [5, 5.41) is 3.84. The molecule has 1 heterocycles. The molecule has 8 heteroatoms. The van der Waals surface area contributed by atoms with E-state index in [-0.39, 0.29) is 17.2 Å². The van der Waals surface area contributed by atoms with E-state index in [1.807, 2.05) is 12.1 Å². The Bertz CT molecular complexity index is 1040. The molecule has 0 saturated heterocycles. The van der Waals surface area contributed by atoms with Gasteiger partial charge in [-0.15, -0.1) is 0 Å². The largest absolute Gasteiger partial charge is 0.496 e. The van der Waals surface area contributed by atoms with Crippen molar-refractivity contribution < 1.29 is 22.4 Å². The van der Waals surface area contributed by atoms with Crippen molar-refractivity contribution in [1.82, 2.24) is 9.88 Å². The van der Waals surface area contributed by atoms with E-state index in [1.54, 1.807) is 44.4 Å². The van der Waals surface area contributed by atoms with Gasteiger partial charge in [0, 0.05) is 23.7 Å². The first kappa shape index (κ1) is 18.9. The van der Waals surface area contributed by atoms with Gasteiger partial charge in [0.15, 0.2) is 5.76 Å². The first-order valence-corrected chi connectivity index (χ1v) is 9.66. The lowest BCUT2D eigenvalue weighted by molar-refractivity contribution is 0.401. The third-order valence-electron chi connectivity index (χ3n) is 4.01.